The molecule has 1 aromatic rings. The highest BCUT2D eigenvalue weighted by molar-refractivity contribution is 5.14. The summed E-state index contributed by atoms with van der Waals surface area (Å²) in [7, 11) is 0. The van der Waals surface area contributed by atoms with Gasteiger partial charge in [0.05, 0.1) is 5.69 Å². The van der Waals surface area contributed by atoms with E-state index >= 15 is 0 Å². The minimum Gasteiger partial charge on any atom is -0.301 e. The zero-order valence-electron chi connectivity index (χ0n) is 9.95. The Labute approximate surface area is 91.9 Å². The van der Waals surface area contributed by atoms with Crippen molar-refractivity contribution < 1.29 is 0 Å². The van der Waals surface area contributed by atoms with Crippen LogP contribution in [0, 0.1) is 0 Å². The maximum absolute atomic E-state index is 4.34. The molecule has 0 bridgehead atoms. The van der Waals surface area contributed by atoms with Crippen molar-refractivity contribution in [2.24, 2.45) is 0 Å². The normalized spacial score (nSPS) is 22.1. The SMILES string of the molecule is CC(C)N1CCC(C)(c2cc[nH]n2)CC1. The van der Waals surface area contributed by atoms with Crippen LogP contribution >= 0.6 is 0 Å². The van der Waals surface area contributed by atoms with Crippen LogP contribution in [-0.2, 0) is 5.41 Å². The van der Waals surface area contributed by atoms with E-state index in [1.807, 2.05) is 6.20 Å². The first-order chi connectivity index (χ1) is 7.12. The summed E-state index contributed by atoms with van der Waals surface area (Å²) < 4.78 is 0. The third-order valence-electron chi connectivity index (χ3n) is 3.75. The fraction of sp³-hybridized carbons (Fsp3) is 0.750. The van der Waals surface area contributed by atoms with E-state index in [0.29, 0.717) is 6.04 Å². The molecule has 3 heteroatoms. The Bertz CT molecular complexity index is 295. The van der Waals surface area contributed by atoms with E-state index < -0.39 is 0 Å². The van der Waals surface area contributed by atoms with Gasteiger partial charge in [-0.2, -0.15) is 5.10 Å². The number of hydrogen-bond donors (Lipinski definition) is 1. The maximum atomic E-state index is 4.34. The minimum atomic E-state index is 0.283. The van der Waals surface area contributed by atoms with Crippen molar-refractivity contribution in [3.63, 3.8) is 0 Å². The van der Waals surface area contributed by atoms with Crippen molar-refractivity contribution in [2.45, 2.75) is 45.1 Å². The lowest BCUT2D eigenvalue weighted by molar-refractivity contribution is 0.135. The molecule has 1 saturated heterocycles. The number of nitrogens with zero attached hydrogens (tertiary/aromatic N) is 2. The zero-order valence-corrected chi connectivity index (χ0v) is 9.95. The molecule has 0 unspecified atom stereocenters. The van der Waals surface area contributed by atoms with Crippen molar-refractivity contribution in [2.75, 3.05) is 13.1 Å². The highest BCUT2D eigenvalue weighted by Crippen LogP contribution is 2.33. The molecule has 0 amide bonds. The van der Waals surface area contributed by atoms with Crippen molar-refractivity contribution >= 4 is 0 Å². The van der Waals surface area contributed by atoms with E-state index in [0.717, 1.165) is 0 Å². The monoisotopic (exact) mass is 207 g/mol. The Hall–Kier alpha value is -0.830. The quantitative estimate of drug-likeness (QED) is 0.806. The Morgan fingerprint density at radius 1 is 1.40 bits per heavy atom. The van der Waals surface area contributed by atoms with Gasteiger partial charge in [0.25, 0.3) is 0 Å². The highest BCUT2D eigenvalue weighted by atomic mass is 15.2. The van der Waals surface area contributed by atoms with Gasteiger partial charge < -0.3 is 4.90 Å². The molecule has 84 valence electrons. The van der Waals surface area contributed by atoms with E-state index in [-0.39, 0.29) is 5.41 Å². The number of likely N-dealkylation sites (tertiary alicyclic amines) is 1. The molecule has 2 heterocycles. The maximum Gasteiger partial charge on any atom is 0.0681 e. The Balaban J connectivity index is 2.03. The van der Waals surface area contributed by atoms with Crippen molar-refractivity contribution in [1.82, 2.24) is 15.1 Å². The van der Waals surface area contributed by atoms with Gasteiger partial charge in [0.15, 0.2) is 0 Å². The summed E-state index contributed by atoms with van der Waals surface area (Å²) in [5, 5.41) is 7.26. The number of H-pyrrole nitrogens is 1. The van der Waals surface area contributed by atoms with E-state index in [9.17, 15) is 0 Å². The van der Waals surface area contributed by atoms with Crippen LogP contribution in [0.3, 0.4) is 0 Å². The van der Waals surface area contributed by atoms with Gasteiger partial charge in [-0.05, 0) is 45.8 Å². The molecular weight excluding hydrogens is 186 g/mol. The van der Waals surface area contributed by atoms with Gasteiger partial charge in [-0.1, -0.05) is 6.92 Å². The molecule has 1 aliphatic rings. The third kappa shape index (κ3) is 2.07. The smallest absolute Gasteiger partial charge is 0.0681 e. The van der Waals surface area contributed by atoms with Gasteiger partial charge in [-0.15, -0.1) is 0 Å². The molecule has 0 atom stereocenters. The predicted octanol–water partition coefficient (Wildman–Crippen LogP) is 2.17. The summed E-state index contributed by atoms with van der Waals surface area (Å²) in [6.45, 7) is 9.28. The topological polar surface area (TPSA) is 31.9 Å². The summed E-state index contributed by atoms with van der Waals surface area (Å²) >= 11 is 0. The first-order valence-corrected chi connectivity index (χ1v) is 5.86. The van der Waals surface area contributed by atoms with E-state index in [1.54, 1.807) is 0 Å². The van der Waals surface area contributed by atoms with Crippen molar-refractivity contribution in [1.29, 1.82) is 0 Å². The van der Waals surface area contributed by atoms with E-state index in [1.165, 1.54) is 31.6 Å². The van der Waals surface area contributed by atoms with Crippen LogP contribution in [0.5, 0.6) is 0 Å². The van der Waals surface area contributed by atoms with E-state index in [4.69, 9.17) is 0 Å². The van der Waals surface area contributed by atoms with Crippen LogP contribution in [0.1, 0.15) is 39.3 Å². The lowest BCUT2D eigenvalue weighted by Gasteiger charge is -2.40. The number of aromatic nitrogens is 2. The van der Waals surface area contributed by atoms with Gasteiger partial charge in [0.1, 0.15) is 0 Å². The first-order valence-electron chi connectivity index (χ1n) is 5.86. The zero-order chi connectivity index (χ0) is 10.9. The molecule has 15 heavy (non-hydrogen) atoms. The van der Waals surface area contributed by atoms with Crippen LogP contribution < -0.4 is 0 Å². The Morgan fingerprint density at radius 2 is 2.07 bits per heavy atom. The van der Waals surface area contributed by atoms with Crippen molar-refractivity contribution in [3.05, 3.63) is 18.0 Å². The molecule has 0 saturated carbocycles. The number of aromatic amines is 1. The van der Waals surface area contributed by atoms with Crippen LogP contribution in [-0.4, -0.2) is 34.2 Å². The number of hydrogen-bond acceptors (Lipinski definition) is 2. The molecule has 1 N–H and O–H groups in total. The molecular formula is C12H21N3. The van der Waals surface area contributed by atoms with Gasteiger partial charge in [-0.3, -0.25) is 5.10 Å². The minimum absolute atomic E-state index is 0.283. The van der Waals surface area contributed by atoms with Gasteiger partial charge >= 0.3 is 0 Å². The van der Waals surface area contributed by atoms with E-state index in [2.05, 4.69) is 41.9 Å². The lowest BCUT2D eigenvalue weighted by Crippen LogP contribution is -2.44. The van der Waals surface area contributed by atoms with Gasteiger partial charge in [-0.25, -0.2) is 0 Å². The lowest BCUT2D eigenvalue weighted by atomic mass is 9.77. The average molecular weight is 207 g/mol. The molecule has 0 aliphatic carbocycles. The molecule has 0 aromatic carbocycles. The van der Waals surface area contributed by atoms with Crippen LogP contribution in [0.2, 0.25) is 0 Å². The number of rotatable bonds is 2. The van der Waals surface area contributed by atoms with Gasteiger partial charge in [0.2, 0.25) is 0 Å². The second-order valence-electron chi connectivity index (χ2n) is 5.15. The van der Waals surface area contributed by atoms with Crippen LogP contribution in [0.4, 0.5) is 0 Å². The molecule has 3 nitrogen and oxygen atoms in total. The van der Waals surface area contributed by atoms with Crippen LogP contribution in [0.15, 0.2) is 12.3 Å². The fourth-order valence-corrected chi connectivity index (χ4v) is 2.39. The molecule has 2 rings (SSSR count). The van der Waals surface area contributed by atoms with Gasteiger partial charge in [0, 0.05) is 17.7 Å². The van der Waals surface area contributed by atoms with Crippen LogP contribution in [0.25, 0.3) is 0 Å². The highest BCUT2D eigenvalue weighted by Gasteiger charge is 2.33. The Kier molecular flexibility index (Phi) is 2.83. The molecule has 0 spiro atoms. The molecule has 1 aliphatic heterocycles. The average Bonchev–Trinajstić information content (AvgIpc) is 2.71. The standard InChI is InChI=1S/C12H21N3/c1-10(2)15-8-5-12(3,6-9-15)11-4-7-13-14-11/h4,7,10H,5-6,8-9H2,1-3H3,(H,13,14). The fourth-order valence-electron chi connectivity index (χ4n) is 2.39. The summed E-state index contributed by atoms with van der Waals surface area (Å²) in [6, 6.07) is 2.79. The second-order valence-corrected chi connectivity index (χ2v) is 5.15. The predicted molar refractivity (Wildman–Crippen MR) is 61.9 cm³/mol. The number of nitrogens with one attached hydrogen (secondary N) is 1. The Morgan fingerprint density at radius 3 is 2.53 bits per heavy atom. The third-order valence-corrected chi connectivity index (χ3v) is 3.75. The summed E-state index contributed by atoms with van der Waals surface area (Å²) in [5.41, 5.74) is 1.51. The first kappa shape index (κ1) is 10.7. The summed E-state index contributed by atoms with van der Waals surface area (Å²) in [4.78, 5) is 2.55. The number of piperidine rings is 1. The summed E-state index contributed by atoms with van der Waals surface area (Å²) in [5.74, 6) is 0. The molecule has 0 radical (unpaired) electrons. The van der Waals surface area contributed by atoms with Crippen molar-refractivity contribution in [3.8, 4) is 0 Å². The molecule has 1 fully saturated rings. The molecule has 1 aromatic heterocycles. The largest absolute Gasteiger partial charge is 0.301 e. The summed E-state index contributed by atoms with van der Waals surface area (Å²) in [6.07, 6.45) is 4.36. The second kappa shape index (κ2) is 3.97.